The molecule has 0 aliphatic heterocycles. The molecule has 6 nitrogen and oxygen atoms in total. The van der Waals surface area contributed by atoms with Crippen LogP contribution in [0.4, 0.5) is 4.39 Å². The van der Waals surface area contributed by atoms with E-state index in [9.17, 15) is 9.18 Å². The predicted molar refractivity (Wildman–Crippen MR) is 139 cm³/mol. The molecule has 2 N–H and O–H groups in total. The van der Waals surface area contributed by atoms with E-state index in [0.29, 0.717) is 30.1 Å². The zero-order valence-corrected chi connectivity index (χ0v) is 20.9. The van der Waals surface area contributed by atoms with E-state index in [1.54, 1.807) is 12.1 Å². The minimum atomic E-state index is -0.699. The third-order valence-electron chi connectivity index (χ3n) is 7.54. The normalized spacial score (nSPS) is 20.5. The number of nitrogens with zero attached hydrogens (tertiary/aromatic N) is 2. The molecule has 37 heavy (non-hydrogen) atoms. The summed E-state index contributed by atoms with van der Waals surface area (Å²) >= 11 is 5.96. The maximum absolute atomic E-state index is 14.5. The Morgan fingerprint density at radius 1 is 1.11 bits per heavy atom. The number of aryl methyl sites for hydroxylation is 2. The predicted octanol–water partition coefficient (Wildman–Crippen LogP) is 6.61. The van der Waals surface area contributed by atoms with E-state index in [1.807, 2.05) is 31.2 Å². The highest BCUT2D eigenvalue weighted by atomic mass is 35.5. The Hall–Kier alpha value is -3.55. The molecule has 1 atom stereocenters. The lowest BCUT2D eigenvalue weighted by molar-refractivity contribution is -0.145. The van der Waals surface area contributed by atoms with Crippen molar-refractivity contribution in [2.75, 3.05) is 0 Å². The van der Waals surface area contributed by atoms with E-state index >= 15 is 0 Å². The molecule has 2 aliphatic rings. The van der Waals surface area contributed by atoms with Gasteiger partial charge in [0.15, 0.2) is 0 Å². The highest BCUT2D eigenvalue weighted by Crippen LogP contribution is 2.38. The van der Waals surface area contributed by atoms with Gasteiger partial charge in [-0.2, -0.15) is 4.98 Å². The van der Waals surface area contributed by atoms with Gasteiger partial charge >= 0.3 is 5.97 Å². The Morgan fingerprint density at radius 2 is 1.92 bits per heavy atom. The quantitative estimate of drug-likeness (QED) is 0.299. The third-order valence-corrected chi connectivity index (χ3v) is 7.84. The number of hydrogen-bond donors (Lipinski definition) is 2. The van der Waals surface area contributed by atoms with Crippen LogP contribution in [0.15, 0.2) is 59.1 Å². The molecule has 0 amide bonds. The first-order valence-electron chi connectivity index (χ1n) is 12.4. The van der Waals surface area contributed by atoms with Crippen LogP contribution in [0.25, 0.3) is 34.0 Å². The number of carboxylic acids is 1. The van der Waals surface area contributed by atoms with Gasteiger partial charge in [0.1, 0.15) is 5.82 Å². The van der Waals surface area contributed by atoms with Crippen LogP contribution in [-0.4, -0.2) is 27.3 Å². The van der Waals surface area contributed by atoms with E-state index in [4.69, 9.17) is 21.2 Å². The van der Waals surface area contributed by atoms with Crippen LogP contribution in [0.1, 0.15) is 42.0 Å². The van der Waals surface area contributed by atoms with Crippen molar-refractivity contribution < 1.29 is 18.8 Å². The smallest absolute Gasteiger partial charge is 0.306 e. The molecule has 2 aliphatic carbocycles. The summed E-state index contributed by atoms with van der Waals surface area (Å²) in [4.78, 5) is 15.7. The van der Waals surface area contributed by atoms with Crippen LogP contribution in [-0.2, 0) is 11.2 Å². The lowest BCUT2D eigenvalue weighted by Gasteiger charge is -2.35. The standard InChI is InChI=1S/C29H25ClFN3O3/c1-15-11-18(6-8-21(15)23-3-2-4-24(30)26(23)31)28-33-27(34-37-28)17-5-9-22-16(12-17)7-10-25(22)32-20-13-19(14-20)29(35)36/h2-6,8-9,11-12,19-20,25,32H,7,10,13-14H2,1H3,(H,35,36). The minimum absolute atomic E-state index is 0.0915. The van der Waals surface area contributed by atoms with Gasteiger partial charge in [-0.3, -0.25) is 4.79 Å². The molecule has 1 heterocycles. The van der Waals surface area contributed by atoms with E-state index in [1.165, 1.54) is 17.2 Å². The van der Waals surface area contributed by atoms with Crippen molar-refractivity contribution in [3.05, 3.63) is 82.1 Å². The lowest BCUT2D eigenvalue weighted by Crippen LogP contribution is -2.45. The van der Waals surface area contributed by atoms with E-state index < -0.39 is 11.8 Å². The molecule has 1 fully saturated rings. The Labute approximate surface area is 218 Å². The Kier molecular flexibility index (Phi) is 6.05. The fraction of sp³-hybridized carbons (Fsp3) is 0.276. The first kappa shape index (κ1) is 23.8. The SMILES string of the molecule is Cc1cc(-c2nc(-c3ccc4c(c3)CCC4NC3CC(C(=O)O)C3)no2)ccc1-c1cccc(Cl)c1F. The zero-order valence-electron chi connectivity index (χ0n) is 20.2. The molecule has 0 saturated heterocycles. The highest BCUT2D eigenvalue weighted by molar-refractivity contribution is 6.31. The van der Waals surface area contributed by atoms with Gasteiger partial charge in [0.2, 0.25) is 5.82 Å². The summed E-state index contributed by atoms with van der Waals surface area (Å²) in [5, 5.41) is 17.0. The summed E-state index contributed by atoms with van der Waals surface area (Å²) in [7, 11) is 0. The molecule has 0 spiro atoms. The molecule has 0 bridgehead atoms. The number of carboxylic acid groups (broad SMARTS) is 1. The second kappa shape index (κ2) is 9.39. The number of hydrogen-bond acceptors (Lipinski definition) is 5. The molecule has 1 aromatic heterocycles. The van der Waals surface area contributed by atoms with Crippen molar-refractivity contribution in [3.8, 4) is 34.0 Å². The maximum Gasteiger partial charge on any atom is 0.306 e. The molecule has 0 radical (unpaired) electrons. The van der Waals surface area contributed by atoms with Crippen LogP contribution in [0.3, 0.4) is 0 Å². The topological polar surface area (TPSA) is 88.2 Å². The second-order valence-corrected chi connectivity index (χ2v) is 10.3. The maximum atomic E-state index is 14.5. The van der Waals surface area contributed by atoms with Gasteiger partial charge in [0.05, 0.1) is 10.9 Å². The highest BCUT2D eigenvalue weighted by Gasteiger charge is 2.36. The van der Waals surface area contributed by atoms with Crippen LogP contribution < -0.4 is 5.32 Å². The Morgan fingerprint density at radius 3 is 2.70 bits per heavy atom. The van der Waals surface area contributed by atoms with Crippen molar-refractivity contribution >= 4 is 17.6 Å². The van der Waals surface area contributed by atoms with Gasteiger partial charge in [0.25, 0.3) is 5.89 Å². The summed E-state index contributed by atoms with van der Waals surface area (Å²) in [5.74, 6) is -0.443. The van der Waals surface area contributed by atoms with Crippen molar-refractivity contribution in [1.29, 1.82) is 0 Å². The molecule has 1 unspecified atom stereocenters. The number of nitrogens with one attached hydrogen (secondary N) is 1. The Bertz CT molecular complexity index is 1510. The molecule has 6 rings (SSSR count). The third kappa shape index (κ3) is 4.43. The van der Waals surface area contributed by atoms with E-state index in [0.717, 1.165) is 35.1 Å². The number of halogens is 2. The van der Waals surface area contributed by atoms with Crippen molar-refractivity contribution in [2.24, 2.45) is 5.92 Å². The van der Waals surface area contributed by atoms with Crippen molar-refractivity contribution in [3.63, 3.8) is 0 Å². The molecule has 1 saturated carbocycles. The van der Waals surface area contributed by atoms with Gasteiger partial charge in [-0.25, -0.2) is 4.39 Å². The average molecular weight is 518 g/mol. The van der Waals surface area contributed by atoms with Crippen LogP contribution >= 0.6 is 11.6 Å². The van der Waals surface area contributed by atoms with Crippen molar-refractivity contribution in [1.82, 2.24) is 15.5 Å². The van der Waals surface area contributed by atoms with Gasteiger partial charge in [-0.15, -0.1) is 0 Å². The largest absolute Gasteiger partial charge is 0.481 e. The monoisotopic (exact) mass is 517 g/mol. The lowest BCUT2D eigenvalue weighted by atomic mass is 9.80. The molecule has 4 aromatic rings. The molecular weight excluding hydrogens is 493 g/mol. The number of fused-ring (bicyclic) bond motifs is 1. The van der Waals surface area contributed by atoms with Crippen LogP contribution in [0.5, 0.6) is 0 Å². The summed E-state index contributed by atoms with van der Waals surface area (Å²) in [6, 6.07) is 17.3. The minimum Gasteiger partial charge on any atom is -0.481 e. The van der Waals surface area contributed by atoms with Gasteiger partial charge < -0.3 is 14.9 Å². The van der Waals surface area contributed by atoms with Crippen LogP contribution in [0.2, 0.25) is 5.02 Å². The van der Waals surface area contributed by atoms with E-state index in [-0.39, 0.29) is 23.0 Å². The number of carbonyl (C=O) groups is 1. The van der Waals surface area contributed by atoms with Gasteiger partial charge in [0, 0.05) is 28.8 Å². The number of benzene rings is 3. The molecule has 188 valence electrons. The average Bonchev–Trinajstić information content (AvgIpc) is 3.50. The van der Waals surface area contributed by atoms with Gasteiger partial charge in [-0.05, 0) is 79.1 Å². The summed E-state index contributed by atoms with van der Waals surface area (Å²) in [5.41, 5.74) is 6.23. The second-order valence-electron chi connectivity index (χ2n) is 9.93. The fourth-order valence-corrected chi connectivity index (χ4v) is 5.61. The zero-order chi connectivity index (χ0) is 25.7. The molecular formula is C29H25ClFN3O3. The number of rotatable bonds is 6. The first-order chi connectivity index (χ1) is 17.9. The fourth-order valence-electron chi connectivity index (χ4n) is 5.44. The first-order valence-corrected chi connectivity index (χ1v) is 12.8. The summed E-state index contributed by atoms with van der Waals surface area (Å²) in [6.45, 7) is 1.91. The number of aliphatic carboxylic acids is 1. The Balaban J connectivity index is 1.19. The molecule has 8 heteroatoms. The number of aromatic nitrogens is 2. The summed E-state index contributed by atoms with van der Waals surface area (Å²) < 4.78 is 20.1. The van der Waals surface area contributed by atoms with Gasteiger partial charge in [-0.1, -0.05) is 47.1 Å². The van der Waals surface area contributed by atoms with Crippen LogP contribution in [0, 0.1) is 18.7 Å². The molecule has 3 aromatic carbocycles. The van der Waals surface area contributed by atoms with E-state index in [2.05, 4.69) is 27.6 Å². The van der Waals surface area contributed by atoms with Crippen molar-refractivity contribution in [2.45, 2.75) is 44.7 Å². The summed E-state index contributed by atoms with van der Waals surface area (Å²) in [6.07, 6.45) is 3.32.